The van der Waals surface area contributed by atoms with Crippen LogP contribution in [0.2, 0.25) is 0 Å². The summed E-state index contributed by atoms with van der Waals surface area (Å²) in [5.74, 6) is 0. The molecule has 0 unspecified atom stereocenters. The molecule has 0 saturated heterocycles. The maximum atomic E-state index is 12.3. The molecule has 1 rings (SSSR count). The second-order valence-corrected chi connectivity index (χ2v) is 3.77. The van der Waals surface area contributed by atoms with Crippen molar-refractivity contribution in [1.29, 1.82) is 0 Å². The van der Waals surface area contributed by atoms with E-state index in [1.54, 1.807) is 24.3 Å². The first-order valence-electron chi connectivity index (χ1n) is 5.31. The third kappa shape index (κ3) is 4.66. The van der Waals surface area contributed by atoms with Crippen molar-refractivity contribution < 1.29 is 13.2 Å². The first kappa shape index (κ1) is 13.0. The average molecular weight is 231 g/mol. The molecule has 90 valence electrons. The second kappa shape index (κ2) is 5.89. The van der Waals surface area contributed by atoms with Crippen LogP contribution in [0.1, 0.15) is 17.5 Å². The maximum Gasteiger partial charge on any atom is 0.393 e. The summed E-state index contributed by atoms with van der Waals surface area (Å²) in [5, 5.41) is 2.98. The van der Waals surface area contributed by atoms with E-state index in [0.717, 1.165) is 18.5 Å². The van der Waals surface area contributed by atoms with Gasteiger partial charge in [0.1, 0.15) is 0 Å². The largest absolute Gasteiger partial charge is 0.393 e. The maximum absolute atomic E-state index is 12.3. The van der Waals surface area contributed by atoms with Gasteiger partial charge < -0.3 is 5.32 Å². The smallest absolute Gasteiger partial charge is 0.320 e. The lowest BCUT2D eigenvalue weighted by Gasteiger charge is -2.11. The summed E-state index contributed by atoms with van der Waals surface area (Å²) in [6, 6.07) is 6.77. The van der Waals surface area contributed by atoms with Gasteiger partial charge in [-0.2, -0.15) is 13.2 Å². The van der Waals surface area contributed by atoms with Gasteiger partial charge >= 0.3 is 6.18 Å². The van der Waals surface area contributed by atoms with Gasteiger partial charge in [-0.15, -0.1) is 0 Å². The van der Waals surface area contributed by atoms with Crippen molar-refractivity contribution in [2.24, 2.45) is 0 Å². The molecule has 0 spiro atoms. The second-order valence-electron chi connectivity index (χ2n) is 3.77. The van der Waals surface area contributed by atoms with Crippen molar-refractivity contribution in [2.45, 2.75) is 25.4 Å². The number of rotatable bonds is 5. The Balaban J connectivity index is 2.68. The van der Waals surface area contributed by atoms with Crippen molar-refractivity contribution in [2.75, 3.05) is 13.6 Å². The van der Waals surface area contributed by atoms with E-state index in [2.05, 4.69) is 5.32 Å². The van der Waals surface area contributed by atoms with Gasteiger partial charge in [0.15, 0.2) is 0 Å². The van der Waals surface area contributed by atoms with Crippen molar-refractivity contribution in [3.63, 3.8) is 0 Å². The Bertz CT molecular complexity index is 320. The molecular formula is C12H16F3N. The molecule has 1 nitrogen and oxygen atoms in total. The molecule has 0 aliphatic carbocycles. The highest BCUT2D eigenvalue weighted by Gasteiger charge is 2.28. The van der Waals surface area contributed by atoms with Crippen LogP contribution in [-0.4, -0.2) is 19.8 Å². The van der Waals surface area contributed by atoms with Crippen molar-refractivity contribution in [1.82, 2.24) is 5.32 Å². The minimum absolute atomic E-state index is 0.395. The van der Waals surface area contributed by atoms with E-state index >= 15 is 0 Å². The van der Waals surface area contributed by atoms with Gasteiger partial charge in [0.25, 0.3) is 0 Å². The Morgan fingerprint density at radius 2 is 1.75 bits per heavy atom. The van der Waals surface area contributed by atoms with Crippen LogP contribution in [0.4, 0.5) is 13.2 Å². The summed E-state index contributed by atoms with van der Waals surface area (Å²) in [5.41, 5.74) is 1.20. The molecule has 0 aromatic heterocycles. The van der Waals surface area contributed by atoms with Crippen LogP contribution in [0, 0.1) is 0 Å². The topological polar surface area (TPSA) is 12.0 Å². The monoisotopic (exact) mass is 231 g/mol. The third-order valence-corrected chi connectivity index (χ3v) is 2.38. The highest BCUT2D eigenvalue weighted by atomic mass is 19.4. The van der Waals surface area contributed by atoms with Crippen molar-refractivity contribution in [3.8, 4) is 0 Å². The Morgan fingerprint density at radius 3 is 2.31 bits per heavy atom. The number of benzene rings is 1. The lowest BCUT2D eigenvalue weighted by Crippen LogP contribution is -2.14. The number of aryl methyl sites for hydroxylation is 1. The van der Waals surface area contributed by atoms with E-state index in [0.29, 0.717) is 12.0 Å². The van der Waals surface area contributed by atoms with Crippen LogP contribution in [-0.2, 0) is 12.8 Å². The third-order valence-electron chi connectivity index (χ3n) is 2.38. The molecule has 1 aromatic carbocycles. The van der Waals surface area contributed by atoms with E-state index in [1.807, 2.05) is 7.05 Å². The van der Waals surface area contributed by atoms with Gasteiger partial charge in [0.2, 0.25) is 0 Å². The predicted octanol–water partition coefficient (Wildman–Crippen LogP) is 2.94. The van der Waals surface area contributed by atoms with Crippen LogP contribution in [0.5, 0.6) is 0 Å². The minimum atomic E-state index is -4.13. The van der Waals surface area contributed by atoms with Gasteiger partial charge in [0, 0.05) is 0 Å². The van der Waals surface area contributed by atoms with E-state index < -0.39 is 12.6 Å². The Hall–Kier alpha value is -1.03. The fourth-order valence-electron chi connectivity index (χ4n) is 1.65. The lowest BCUT2D eigenvalue weighted by atomic mass is 10.0. The molecule has 0 aliphatic heterocycles. The predicted molar refractivity (Wildman–Crippen MR) is 58.4 cm³/mol. The first-order valence-corrected chi connectivity index (χ1v) is 5.31. The Labute approximate surface area is 93.7 Å². The number of nitrogens with one attached hydrogen (secondary N) is 1. The number of hydrogen-bond donors (Lipinski definition) is 1. The number of hydrogen-bond acceptors (Lipinski definition) is 1. The summed E-state index contributed by atoms with van der Waals surface area (Å²) < 4.78 is 36.9. The molecule has 0 atom stereocenters. The summed E-state index contributed by atoms with van der Waals surface area (Å²) >= 11 is 0. The molecule has 0 heterocycles. The van der Waals surface area contributed by atoms with Crippen molar-refractivity contribution >= 4 is 0 Å². The van der Waals surface area contributed by atoms with Crippen molar-refractivity contribution in [3.05, 3.63) is 35.4 Å². The molecule has 0 saturated carbocycles. The summed E-state index contributed by atoms with van der Waals surface area (Å²) in [4.78, 5) is 0. The number of halogens is 3. The zero-order valence-corrected chi connectivity index (χ0v) is 9.27. The summed E-state index contributed by atoms with van der Waals surface area (Å²) in [6.07, 6.45) is -3.42. The quantitative estimate of drug-likeness (QED) is 0.768. The molecule has 0 bridgehead atoms. The van der Waals surface area contributed by atoms with Gasteiger partial charge in [-0.05, 0) is 37.6 Å². The molecular weight excluding hydrogens is 215 g/mol. The average Bonchev–Trinajstić information content (AvgIpc) is 2.19. The number of alkyl halides is 3. The minimum Gasteiger partial charge on any atom is -0.320 e. The van der Waals surface area contributed by atoms with Gasteiger partial charge in [-0.3, -0.25) is 0 Å². The van der Waals surface area contributed by atoms with Gasteiger partial charge in [0.05, 0.1) is 6.42 Å². The molecule has 0 amide bonds. The highest BCUT2D eigenvalue weighted by Crippen LogP contribution is 2.23. The van der Waals surface area contributed by atoms with E-state index in [9.17, 15) is 13.2 Å². The lowest BCUT2D eigenvalue weighted by molar-refractivity contribution is -0.127. The molecule has 1 aromatic rings. The zero-order valence-electron chi connectivity index (χ0n) is 9.27. The molecule has 0 fully saturated rings. The van der Waals surface area contributed by atoms with Crippen LogP contribution < -0.4 is 5.32 Å². The fourth-order valence-corrected chi connectivity index (χ4v) is 1.65. The summed E-state index contributed by atoms with van der Waals surface area (Å²) in [7, 11) is 1.83. The normalized spacial score (nSPS) is 11.8. The van der Waals surface area contributed by atoms with E-state index in [-0.39, 0.29) is 0 Å². The Morgan fingerprint density at radius 1 is 1.12 bits per heavy atom. The molecule has 1 N–H and O–H groups in total. The summed E-state index contributed by atoms with van der Waals surface area (Å²) in [6.45, 7) is 0.820. The van der Waals surface area contributed by atoms with Crippen LogP contribution in [0.15, 0.2) is 24.3 Å². The van der Waals surface area contributed by atoms with Crippen LogP contribution in [0.3, 0.4) is 0 Å². The Kier molecular flexibility index (Phi) is 4.80. The standard InChI is InChI=1S/C12H16F3N/c1-16-8-4-7-10-5-2-3-6-11(10)9-12(13,14)15/h2-3,5-6,16H,4,7-9H2,1H3. The molecule has 0 radical (unpaired) electrons. The molecule has 0 aliphatic rings. The zero-order chi connectivity index (χ0) is 12.0. The van der Waals surface area contributed by atoms with E-state index in [1.165, 1.54) is 0 Å². The molecule has 16 heavy (non-hydrogen) atoms. The first-order chi connectivity index (χ1) is 7.53. The fraction of sp³-hybridized carbons (Fsp3) is 0.500. The van der Waals surface area contributed by atoms with Gasteiger partial charge in [-0.1, -0.05) is 24.3 Å². The highest BCUT2D eigenvalue weighted by molar-refractivity contribution is 5.28. The van der Waals surface area contributed by atoms with Gasteiger partial charge in [-0.25, -0.2) is 0 Å². The van der Waals surface area contributed by atoms with Crippen LogP contribution >= 0.6 is 0 Å². The molecule has 4 heteroatoms. The van der Waals surface area contributed by atoms with Crippen LogP contribution in [0.25, 0.3) is 0 Å². The van der Waals surface area contributed by atoms with E-state index in [4.69, 9.17) is 0 Å². The SMILES string of the molecule is CNCCCc1ccccc1CC(F)(F)F.